The van der Waals surface area contributed by atoms with Crippen LogP contribution < -0.4 is 9.64 Å². The molecule has 0 fully saturated rings. The number of allylic oxidation sites excluding steroid dienone is 1. The molecule has 0 amide bonds. The smallest absolute Gasteiger partial charge is 0.338 e. The Morgan fingerprint density at radius 2 is 1.22 bits per heavy atom. The average molecular weight is 429 g/mol. The van der Waals surface area contributed by atoms with Crippen LogP contribution in [-0.4, -0.2) is 33.2 Å². The van der Waals surface area contributed by atoms with Gasteiger partial charge in [0.2, 0.25) is 0 Å². The van der Waals surface area contributed by atoms with Gasteiger partial charge in [-0.1, -0.05) is 36.4 Å². The minimum absolute atomic E-state index is 0.201. The molecule has 0 atom stereocenters. The number of para-hydroxylation sites is 2. The lowest BCUT2D eigenvalue weighted by Gasteiger charge is -2.32. The second kappa shape index (κ2) is 8.59. The fraction of sp³-hybridized carbons (Fsp3) is 0.154. The number of rotatable bonds is 4. The predicted octanol–water partition coefficient (Wildman–Crippen LogP) is 5.20. The van der Waals surface area contributed by atoms with E-state index >= 15 is 0 Å². The number of hydrogen-bond acceptors (Lipinski definition) is 6. The Bertz CT molecular complexity index is 1160. The van der Waals surface area contributed by atoms with Crippen LogP contribution in [0.15, 0.2) is 72.5 Å². The van der Waals surface area contributed by atoms with Crippen LogP contribution in [0.1, 0.15) is 38.8 Å². The molecule has 0 bridgehead atoms. The number of carbonyl (C=O) groups excluding carboxylic acids is 2. The van der Waals surface area contributed by atoms with Gasteiger partial charge in [-0.2, -0.15) is 0 Å². The normalized spacial score (nSPS) is 11.9. The number of nitrogens with zero attached hydrogens (tertiary/aromatic N) is 1. The molecule has 0 aromatic heterocycles. The molecule has 32 heavy (non-hydrogen) atoms. The largest absolute Gasteiger partial charge is 0.465 e. The van der Waals surface area contributed by atoms with Crippen molar-refractivity contribution in [1.29, 1.82) is 0 Å². The van der Waals surface area contributed by atoms with Crippen LogP contribution in [0, 0.1) is 0 Å². The van der Waals surface area contributed by atoms with Crippen molar-refractivity contribution in [3.63, 3.8) is 0 Å². The molecule has 0 radical (unpaired) electrons. The van der Waals surface area contributed by atoms with Gasteiger partial charge in [-0.15, -0.1) is 0 Å². The lowest BCUT2D eigenvalue weighted by atomic mass is 9.89. The van der Waals surface area contributed by atoms with Crippen molar-refractivity contribution in [3.8, 4) is 5.75 Å². The Labute approximate surface area is 186 Å². The lowest BCUT2D eigenvalue weighted by Crippen LogP contribution is -2.19. The van der Waals surface area contributed by atoms with Gasteiger partial charge in [0, 0.05) is 35.1 Å². The topological polar surface area (TPSA) is 65.1 Å². The predicted molar refractivity (Wildman–Crippen MR) is 122 cm³/mol. The maximum Gasteiger partial charge on any atom is 0.338 e. The molecule has 3 aromatic rings. The van der Waals surface area contributed by atoms with E-state index in [4.69, 9.17) is 14.2 Å². The number of esters is 2. The number of ether oxygens (including phenoxy) is 3. The van der Waals surface area contributed by atoms with Gasteiger partial charge in [0.25, 0.3) is 0 Å². The van der Waals surface area contributed by atoms with Crippen molar-refractivity contribution < 1.29 is 23.8 Å². The molecular weight excluding hydrogens is 406 g/mol. The summed E-state index contributed by atoms with van der Waals surface area (Å²) in [7, 11) is 4.60. The number of benzene rings is 3. The fourth-order valence-electron chi connectivity index (χ4n) is 3.97. The molecule has 162 valence electrons. The number of fused-ring (bicyclic) bond motifs is 2. The highest BCUT2D eigenvalue weighted by atomic mass is 16.5. The van der Waals surface area contributed by atoms with Crippen molar-refractivity contribution in [3.05, 3.63) is 94.7 Å². The van der Waals surface area contributed by atoms with Gasteiger partial charge in [0.05, 0.1) is 25.3 Å². The molecule has 0 N–H and O–H groups in total. The van der Waals surface area contributed by atoms with Gasteiger partial charge in [0.1, 0.15) is 11.5 Å². The molecule has 1 aliphatic rings. The third-order valence-electron chi connectivity index (χ3n) is 5.44. The first-order valence-electron chi connectivity index (χ1n) is 10.1. The van der Waals surface area contributed by atoms with Crippen LogP contribution in [-0.2, 0) is 9.47 Å². The van der Waals surface area contributed by atoms with E-state index in [1.54, 1.807) is 12.1 Å². The highest BCUT2D eigenvalue weighted by Crippen LogP contribution is 2.45. The van der Waals surface area contributed by atoms with Crippen molar-refractivity contribution in [1.82, 2.24) is 0 Å². The minimum Gasteiger partial charge on any atom is -0.465 e. The van der Waals surface area contributed by atoms with Gasteiger partial charge in [-0.3, -0.25) is 0 Å². The van der Waals surface area contributed by atoms with Crippen LogP contribution in [0.4, 0.5) is 11.4 Å². The molecule has 1 heterocycles. The van der Waals surface area contributed by atoms with Crippen molar-refractivity contribution in [2.75, 3.05) is 26.2 Å². The number of hydrogen-bond donors (Lipinski definition) is 0. The van der Waals surface area contributed by atoms with Crippen molar-refractivity contribution >= 4 is 28.9 Å². The van der Waals surface area contributed by atoms with E-state index < -0.39 is 11.9 Å². The van der Waals surface area contributed by atoms with Gasteiger partial charge in [-0.05, 0) is 37.3 Å². The minimum atomic E-state index is -0.569. The van der Waals surface area contributed by atoms with E-state index in [1.807, 2.05) is 38.2 Å². The lowest BCUT2D eigenvalue weighted by molar-refractivity contribution is 0.0598. The molecule has 0 saturated carbocycles. The highest BCUT2D eigenvalue weighted by molar-refractivity contribution is 5.98. The molecule has 0 saturated heterocycles. The first-order valence-corrected chi connectivity index (χ1v) is 10.1. The van der Waals surface area contributed by atoms with Crippen molar-refractivity contribution in [2.24, 2.45) is 0 Å². The summed E-state index contributed by atoms with van der Waals surface area (Å²) in [6.45, 7) is 1.87. The third-order valence-corrected chi connectivity index (χ3v) is 5.44. The first-order chi connectivity index (χ1) is 15.4. The Balaban J connectivity index is 1.86. The third kappa shape index (κ3) is 3.71. The molecule has 1 aliphatic heterocycles. The van der Waals surface area contributed by atoms with Gasteiger partial charge < -0.3 is 19.1 Å². The summed E-state index contributed by atoms with van der Waals surface area (Å²) in [5.41, 5.74) is 5.52. The quantitative estimate of drug-likeness (QED) is 0.420. The monoisotopic (exact) mass is 429 g/mol. The Morgan fingerprint density at radius 3 is 1.69 bits per heavy atom. The van der Waals surface area contributed by atoms with E-state index in [0.29, 0.717) is 11.5 Å². The summed E-state index contributed by atoms with van der Waals surface area (Å²) in [6, 6.07) is 20.7. The zero-order chi connectivity index (χ0) is 22.8. The highest BCUT2D eigenvalue weighted by Gasteiger charge is 2.26. The molecule has 0 aliphatic carbocycles. The van der Waals surface area contributed by atoms with Crippen LogP contribution in [0.2, 0.25) is 0 Å². The molecule has 6 nitrogen and oxygen atoms in total. The SMILES string of the molecule is COC(=O)c1cc(OC(C)=C2c3ccccc3N(C)c3ccccc32)cc(C(=O)OC)c1. The standard InChI is InChI=1S/C26H23NO5/c1-16(32-19-14-17(25(28)30-3)13-18(15-19)26(29)31-4)24-20-9-5-7-11-22(20)27(2)23-12-8-6-10-21(23)24/h5-15H,1-4H3. The van der Waals surface area contributed by atoms with Crippen LogP contribution in [0.3, 0.4) is 0 Å². The van der Waals surface area contributed by atoms with E-state index in [0.717, 1.165) is 28.1 Å². The number of anilines is 2. The molecule has 6 heteroatoms. The van der Waals surface area contributed by atoms with E-state index in [9.17, 15) is 9.59 Å². The second-order valence-corrected chi connectivity index (χ2v) is 7.36. The number of methoxy groups -OCH3 is 2. The molecule has 3 aromatic carbocycles. The van der Waals surface area contributed by atoms with E-state index in [1.165, 1.54) is 20.3 Å². The van der Waals surface area contributed by atoms with E-state index in [2.05, 4.69) is 29.2 Å². The maximum absolute atomic E-state index is 12.1. The summed E-state index contributed by atoms with van der Waals surface area (Å²) >= 11 is 0. The zero-order valence-corrected chi connectivity index (χ0v) is 18.3. The molecule has 0 unspecified atom stereocenters. The summed E-state index contributed by atoms with van der Waals surface area (Å²) in [6.07, 6.45) is 0. The van der Waals surface area contributed by atoms with Crippen molar-refractivity contribution in [2.45, 2.75) is 6.92 Å². The first kappa shape index (κ1) is 21.2. The summed E-state index contributed by atoms with van der Waals surface area (Å²) in [4.78, 5) is 26.4. The molecular formula is C26H23NO5. The molecule has 4 rings (SSSR count). The summed E-state index contributed by atoms with van der Waals surface area (Å²) in [5.74, 6) is -0.162. The van der Waals surface area contributed by atoms with Gasteiger partial charge in [-0.25, -0.2) is 9.59 Å². The fourth-order valence-corrected chi connectivity index (χ4v) is 3.97. The number of carbonyl (C=O) groups is 2. The van der Waals surface area contributed by atoms with Crippen LogP contribution in [0.5, 0.6) is 5.75 Å². The zero-order valence-electron chi connectivity index (χ0n) is 18.3. The Hall–Kier alpha value is -4.06. The van der Waals surface area contributed by atoms with Gasteiger partial charge >= 0.3 is 11.9 Å². The summed E-state index contributed by atoms with van der Waals surface area (Å²) < 4.78 is 15.9. The second-order valence-electron chi connectivity index (χ2n) is 7.36. The van der Waals surface area contributed by atoms with Crippen LogP contribution >= 0.6 is 0 Å². The average Bonchev–Trinajstić information content (AvgIpc) is 2.83. The molecule has 0 spiro atoms. The van der Waals surface area contributed by atoms with Crippen LogP contribution in [0.25, 0.3) is 5.57 Å². The van der Waals surface area contributed by atoms with E-state index in [-0.39, 0.29) is 11.1 Å². The summed E-state index contributed by atoms with van der Waals surface area (Å²) in [5, 5.41) is 0. The Kier molecular flexibility index (Phi) is 5.69. The Morgan fingerprint density at radius 1 is 0.750 bits per heavy atom. The van der Waals surface area contributed by atoms with Gasteiger partial charge in [0.15, 0.2) is 0 Å². The maximum atomic E-state index is 12.1.